The maximum atomic E-state index is 11.8. The van der Waals surface area contributed by atoms with Gasteiger partial charge in [-0.2, -0.15) is 0 Å². The molecule has 5 heteroatoms. The Balaban J connectivity index is 1.90. The second-order valence-corrected chi connectivity index (χ2v) is 5.60. The number of anilines is 1. The van der Waals surface area contributed by atoms with Gasteiger partial charge in [-0.25, -0.2) is 0 Å². The quantitative estimate of drug-likeness (QED) is 0.882. The third-order valence-corrected chi connectivity index (χ3v) is 3.42. The van der Waals surface area contributed by atoms with Gasteiger partial charge in [-0.3, -0.25) is 4.79 Å². The van der Waals surface area contributed by atoms with Crippen LogP contribution < -0.4 is 10.1 Å². The predicted molar refractivity (Wildman–Crippen MR) is 84.5 cm³/mol. The number of benzene rings is 2. The van der Waals surface area contributed by atoms with Crippen LogP contribution in [-0.2, 0) is 4.79 Å². The highest BCUT2D eigenvalue weighted by Crippen LogP contribution is 2.22. The minimum atomic E-state index is -0.251. The molecular formula is C15H13BrClNO2. The number of aryl methyl sites for hydroxylation is 1. The maximum absolute atomic E-state index is 11.8. The fourth-order valence-electron chi connectivity index (χ4n) is 1.59. The van der Waals surface area contributed by atoms with E-state index in [1.165, 1.54) is 0 Å². The monoisotopic (exact) mass is 353 g/mol. The number of carbonyl (C=O) groups is 1. The summed E-state index contributed by atoms with van der Waals surface area (Å²) in [7, 11) is 0. The van der Waals surface area contributed by atoms with E-state index in [2.05, 4.69) is 21.2 Å². The summed E-state index contributed by atoms with van der Waals surface area (Å²) in [6.45, 7) is 1.87. The van der Waals surface area contributed by atoms with Gasteiger partial charge in [0.05, 0.1) is 10.7 Å². The van der Waals surface area contributed by atoms with Crippen LogP contribution in [0.4, 0.5) is 5.69 Å². The van der Waals surface area contributed by atoms with Crippen molar-refractivity contribution in [1.82, 2.24) is 0 Å². The van der Waals surface area contributed by atoms with Crippen molar-refractivity contribution in [2.75, 3.05) is 11.9 Å². The molecule has 0 aliphatic rings. The highest BCUT2D eigenvalue weighted by atomic mass is 79.9. The first-order valence-electron chi connectivity index (χ1n) is 5.99. The Kier molecular flexibility index (Phi) is 5.04. The van der Waals surface area contributed by atoms with E-state index < -0.39 is 0 Å². The molecule has 0 atom stereocenters. The molecule has 0 heterocycles. The van der Waals surface area contributed by atoms with E-state index in [9.17, 15) is 4.79 Å². The fourth-order valence-corrected chi connectivity index (χ4v) is 2.13. The summed E-state index contributed by atoms with van der Waals surface area (Å²) in [6, 6.07) is 12.7. The molecule has 0 unspecified atom stereocenters. The number of rotatable bonds is 4. The van der Waals surface area contributed by atoms with Crippen molar-refractivity contribution in [1.29, 1.82) is 0 Å². The van der Waals surface area contributed by atoms with Gasteiger partial charge in [-0.15, -0.1) is 0 Å². The van der Waals surface area contributed by atoms with Gasteiger partial charge >= 0.3 is 0 Å². The molecule has 2 aromatic carbocycles. The molecule has 0 fully saturated rings. The molecular weight excluding hydrogens is 342 g/mol. The van der Waals surface area contributed by atoms with E-state index in [-0.39, 0.29) is 12.5 Å². The SMILES string of the molecule is Cc1ccc(NC(=O)COc2ccc(Br)cc2)c(Cl)c1. The molecule has 2 aromatic rings. The molecule has 0 saturated heterocycles. The zero-order valence-corrected chi connectivity index (χ0v) is 13.2. The Labute approximate surface area is 131 Å². The minimum absolute atomic E-state index is 0.0637. The van der Waals surface area contributed by atoms with E-state index >= 15 is 0 Å². The smallest absolute Gasteiger partial charge is 0.262 e. The van der Waals surface area contributed by atoms with Crippen LogP contribution in [0.15, 0.2) is 46.9 Å². The Morgan fingerprint density at radius 2 is 1.95 bits per heavy atom. The summed E-state index contributed by atoms with van der Waals surface area (Å²) in [5, 5.41) is 3.23. The number of nitrogens with one attached hydrogen (secondary N) is 1. The lowest BCUT2D eigenvalue weighted by molar-refractivity contribution is -0.118. The first kappa shape index (κ1) is 14.9. The van der Waals surface area contributed by atoms with Crippen molar-refractivity contribution < 1.29 is 9.53 Å². The number of halogens is 2. The molecule has 0 radical (unpaired) electrons. The topological polar surface area (TPSA) is 38.3 Å². The van der Waals surface area contributed by atoms with E-state index in [1.807, 2.05) is 25.1 Å². The van der Waals surface area contributed by atoms with Gasteiger partial charge in [-0.1, -0.05) is 33.6 Å². The standard InChI is InChI=1S/C15H13BrClNO2/c1-10-2-7-14(13(17)8-10)18-15(19)9-20-12-5-3-11(16)4-6-12/h2-8H,9H2,1H3,(H,18,19). The molecule has 3 nitrogen and oxygen atoms in total. The highest BCUT2D eigenvalue weighted by Gasteiger charge is 2.07. The fraction of sp³-hybridized carbons (Fsp3) is 0.133. The van der Waals surface area contributed by atoms with Gasteiger partial charge < -0.3 is 10.1 Å². The average molecular weight is 355 g/mol. The third-order valence-electron chi connectivity index (χ3n) is 2.58. The maximum Gasteiger partial charge on any atom is 0.262 e. The van der Waals surface area contributed by atoms with Crippen molar-refractivity contribution in [3.8, 4) is 5.75 Å². The number of hydrogen-bond acceptors (Lipinski definition) is 2. The van der Waals surface area contributed by atoms with Gasteiger partial charge in [0.1, 0.15) is 5.75 Å². The molecule has 1 amide bonds. The molecule has 0 aromatic heterocycles. The molecule has 0 spiro atoms. The molecule has 0 aliphatic carbocycles. The Morgan fingerprint density at radius 1 is 1.25 bits per heavy atom. The van der Waals surface area contributed by atoms with Crippen molar-refractivity contribution in [2.45, 2.75) is 6.92 Å². The Bertz CT molecular complexity index is 614. The van der Waals surface area contributed by atoms with Crippen LogP contribution in [0.3, 0.4) is 0 Å². The Hall–Kier alpha value is -1.52. The van der Waals surface area contributed by atoms with E-state index in [4.69, 9.17) is 16.3 Å². The largest absolute Gasteiger partial charge is 0.484 e. The van der Waals surface area contributed by atoms with E-state index in [0.717, 1.165) is 10.0 Å². The molecule has 0 bridgehead atoms. The second kappa shape index (κ2) is 6.77. The predicted octanol–water partition coefficient (Wildman–Crippen LogP) is 4.43. The number of hydrogen-bond donors (Lipinski definition) is 1. The number of carbonyl (C=O) groups excluding carboxylic acids is 1. The van der Waals surface area contributed by atoms with Crippen LogP contribution in [-0.4, -0.2) is 12.5 Å². The molecule has 0 aliphatic heterocycles. The van der Waals surface area contributed by atoms with Crippen LogP contribution in [0.1, 0.15) is 5.56 Å². The molecule has 1 N–H and O–H groups in total. The van der Waals surface area contributed by atoms with Crippen LogP contribution in [0.2, 0.25) is 5.02 Å². The first-order chi connectivity index (χ1) is 9.54. The lowest BCUT2D eigenvalue weighted by Gasteiger charge is -2.09. The summed E-state index contributed by atoms with van der Waals surface area (Å²) in [5.41, 5.74) is 1.63. The van der Waals surface area contributed by atoms with Gasteiger partial charge in [0, 0.05) is 4.47 Å². The molecule has 104 valence electrons. The van der Waals surface area contributed by atoms with Gasteiger partial charge in [-0.05, 0) is 48.9 Å². The third kappa shape index (κ3) is 4.25. The summed E-state index contributed by atoms with van der Waals surface area (Å²) in [5.74, 6) is 0.386. The van der Waals surface area contributed by atoms with Gasteiger partial charge in [0.2, 0.25) is 0 Å². The summed E-state index contributed by atoms with van der Waals surface area (Å²) >= 11 is 9.38. The Morgan fingerprint density at radius 3 is 2.60 bits per heavy atom. The summed E-state index contributed by atoms with van der Waals surface area (Å²) < 4.78 is 6.34. The van der Waals surface area contributed by atoms with Crippen molar-refractivity contribution >= 4 is 39.1 Å². The number of ether oxygens (including phenoxy) is 1. The average Bonchev–Trinajstić information content (AvgIpc) is 2.41. The van der Waals surface area contributed by atoms with Crippen LogP contribution in [0, 0.1) is 6.92 Å². The zero-order valence-electron chi connectivity index (χ0n) is 10.8. The van der Waals surface area contributed by atoms with Crippen LogP contribution >= 0.6 is 27.5 Å². The first-order valence-corrected chi connectivity index (χ1v) is 7.16. The second-order valence-electron chi connectivity index (χ2n) is 4.27. The van der Waals surface area contributed by atoms with Crippen LogP contribution in [0.25, 0.3) is 0 Å². The lowest BCUT2D eigenvalue weighted by atomic mass is 10.2. The highest BCUT2D eigenvalue weighted by molar-refractivity contribution is 9.10. The molecule has 0 saturated carbocycles. The van der Waals surface area contributed by atoms with Gasteiger partial charge in [0.15, 0.2) is 6.61 Å². The molecule has 2 rings (SSSR count). The zero-order chi connectivity index (χ0) is 14.5. The lowest BCUT2D eigenvalue weighted by Crippen LogP contribution is -2.20. The normalized spacial score (nSPS) is 10.2. The van der Waals surface area contributed by atoms with Gasteiger partial charge in [0.25, 0.3) is 5.91 Å². The van der Waals surface area contributed by atoms with E-state index in [0.29, 0.717) is 16.5 Å². The van der Waals surface area contributed by atoms with Crippen molar-refractivity contribution in [2.24, 2.45) is 0 Å². The van der Waals surface area contributed by atoms with E-state index in [1.54, 1.807) is 24.3 Å². The number of amides is 1. The minimum Gasteiger partial charge on any atom is -0.484 e. The molecule has 20 heavy (non-hydrogen) atoms. The summed E-state index contributed by atoms with van der Waals surface area (Å²) in [6.07, 6.45) is 0. The summed E-state index contributed by atoms with van der Waals surface area (Å²) in [4.78, 5) is 11.8. The van der Waals surface area contributed by atoms with Crippen molar-refractivity contribution in [3.05, 3.63) is 57.5 Å². The van der Waals surface area contributed by atoms with Crippen molar-refractivity contribution in [3.63, 3.8) is 0 Å². The van der Waals surface area contributed by atoms with Crippen LogP contribution in [0.5, 0.6) is 5.75 Å².